The van der Waals surface area contributed by atoms with Gasteiger partial charge in [0.2, 0.25) is 0 Å². The van der Waals surface area contributed by atoms with Gasteiger partial charge in [0, 0.05) is 30.7 Å². The molecule has 106 valence electrons. The highest BCUT2D eigenvalue weighted by molar-refractivity contribution is 6.00. The van der Waals surface area contributed by atoms with Gasteiger partial charge in [0.1, 0.15) is 0 Å². The van der Waals surface area contributed by atoms with E-state index in [0.29, 0.717) is 5.56 Å². The van der Waals surface area contributed by atoms with Gasteiger partial charge >= 0.3 is 0 Å². The van der Waals surface area contributed by atoms with Crippen LogP contribution in [0.3, 0.4) is 0 Å². The second-order valence-electron chi connectivity index (χ2n) is 4.72. The molecule has 0 aromatic heterocycles. The van der Waals surface area contributed by atoms with Crippen molar-refractivity contribution in [3.63, 3.8) is 0 Å². The third-order valence-electron chi connectivity index (χ3n) is 3.23. The molecule has 0 unspecified atom stereocenters. The van der Waals surface area contributed by atoms with Gasteiger partial charge in [-0.15, -0.1) is 0 Å². The van der Waals surface area contributed by atoms with Gasteiger partial charge in [-0.2, -0.15) is 0 Å². The number of nitrogens with zero attached hydrogens (tertiary/aromatic N) is 2. The molecule has 0 saturated heterocycles. The van der Waals surface area contributed by atoms with Crippen molar-refractivity contribution < 1.29 is 9.72 Å². The van der Waals surface area contributed by atoms with Crippen LogP contribution in [0.5, 0.6) is 0 Å². The highest BCUT2D eigenvalue weighted by Crippen LogP contribution is 2.12. The van der Waals surface area contributed by atoms with Gasteiger partial charge in [0.15, 0.2) is 5.78 Å². The van der Waals surface area contributed by atoms with Crippen LogP contribution in [0.1, 0.15) is 36.0 Å². The number of nitrogens with one attached hydrogen (secondary N) is 1. The van der Waals surface area contributed by atoms with Gasteiger partial charge in [0.05, 0.1) is 17.3 Å². The van der Waals surface area contributed by atoms with E-state index in [1.807, 2.05) is 0 Å². The Morgan fingerprint density at radius 3 is 2.70 bits per heavy atom. The smallest absolute Gasteiger partial charge is 0.269 e. The van der Waals surface area contributed by atoms with E-state index in [4.69, 9.17) is 0 Å². The lowest BCUT2D eigenvalue weighted by Crippen LogP contribution is -2.29. The summed E-state index contributed by atoms with van der Waals surface area (Å²) in [5, 5.41) is 13.6. The third kappa shape index (κ3) is 3.88. The van der Waals surface area contributed by atoms with Crippen molar-refractivity contribution in [2.24, 2.45) is 4.99 Å². The molecule has 0 bridgehead atoms. The van der Waals surface area contributed by atoms with Gasteiger partial charge < -0.3 is 5.32 Å². The lowest BCUT2D eigenvalue weighted by atomic mass is 10.1. The zero-order valence-corrected chi connectivity index (χ0v) is 11.2. The molecule has 0 aliphatic carbocycles. The maximum Gasteiger partial charge on any atom is 0.269 e. The Morgan fingerprint density at radius 1 is 1.25 bits per heavy atom. The minimum Gasteiger partial charge on any atom is -0.366 e. The van der Waals surface area contributed by atoms with Crippen LogP contribution in [0, 0.1) is 10.1 Å². The summed E-state index contributed by atoms with van der Waals surface area (Å²) >= 11 is 0. The topological polar surface area (TPSA) is 84.6 Å². The summed E-state index contributed by atoms with van der Waals surface area (Å²) < 4.78 is 0. The second-order valence-corrected chi connectivity index (χ2v) is 4.72. The molecule has 1 N–H and O–H groups in total. The molecular weight excluding hydrogens is 258 g/mol. The number of carbonyl (C=O) groups excluding carboxylic acids is 1. The molecule has 0 saturated carbocycles. The van der Waals surface area contributed by atoms with E-state index in [2.05, 4.69) is 10.3 Å². The van der Waals surface area contributed by atoms with Crippen molar-refractivity contribution in [2.75, 3.05) is 13.1 Å². The van der Waals surface area contributed by atoms with Crippen LogP contribution in [-0.2, 0) is 0 Å². The largest absolute Gasteiger partial charge is 0.366 e. The van der Waals surface area contributed by atoms with Gasteiger partial charge in [-0.05, 0) is 25.0 Å². The zero-order chi connectivity index (χ0) is 14.4. The second kappa shape index (κ2) is 6.79. The fourth-order valence-electron chi connectivity index (χ4n) is 2.07. The van der Waals surface area contributed by atoms with Crippen molar-refractivity contribution in [2.45, 2.75) is 25.7 Å². The number of carbonyl (C=O) groups is 1. The maximum absolute atomic E-state index is 12.0. The SMILES string of the molecule is O=C(CNC1=NCCCCC1)c1ccc([N+](=O)[O-])cc1. The first kappa shape index (κ1) is 14.2. The average molecular weight is 275 g/mol. The number of nitro benzene ring substituents is 1. The van der Waals surface area contributed by atoms with E-state index in [9.17, 15) is 14.9 Å². The summed E-state index contributed by atoms with van der Waals surface area (Å²) in [6.07, 6.45) is 4.25. The predicted molar refractivity (Wildman–Crippen MR) is 76.2 cm³/mol. The quantitative estimate of drug-likeness (QED) is 0.519. The molecule has 6 heteroatoms. The Morgan fingerprint density at radius 2 is 2.00 bits per heavy atom. The van der Waals surface area contributed by atoms with Crippen LogP contribution in [0.15, 0.2) is 29.3 Å². The molecule has 0 radical (unpaired) electrons. The molecule has 1 aliphatic rings. The number of rotatable bonds is 4. The zero-order valence-electron chi connectivity index (χ0n) is 11.2. The van der Waals surface area contributed by atoms with E-state index in [1.165, 1.54) is 30.7 Å². The summed E-state index contributed by atoms with van der Waals surface area (Å²) in [6, 6.07) is 5.65. The predicted octanol–water partition coefficient (Wildman–Crippen LogP) is 2.34. The number of hydrogen-bond donors (Lipinski definition) is 1. The number of amidine groups is 1. The normalized spacial score (nSPS) is 15.1. The number of aliphatic imine (C=N–C) groups is 1. The first-order chi connectivity index (χ1) is 9.66. The lowest BCUT2D eigenvalue weighted by Gasteiger charge is -2.07. The highest BCUT2D eigenvalue weighted by Gasteiger charge is 2.11. The molecule has 1 heterocycles. The molecule has 0 atom stereocenters. The molecule has 1 aromatic carbocycles. The molecule has 6 nitrogen and oxygen atoms in total. The number of Topliss-reactive ketones (excluding diaryl/α,β-unsaturated/α-hetero) is 1. The first-order valence-electron chi connectivity index (χ1n) is 6.71. The maximum atomic E-state index is 12.0. The Balaban J connectivity index is 1.91. The summed E-state index contributed by atoms with van der Waals surface area (Å²) in [5.74, 6) is 0.796. The van der Waals surface area contributed by atoms with Crippen LogP contribution < -0.4 is 5.32 Å². The molecule has 2 rings (SSSR count). The van der Waals surface area contributed by atoms with Gasteiger partial charge in [0.25, 0.3) is 5.69 Å². The van der Waals surface area contributed by atoms with Gasteiger partial charge in [-0.25, -0.2) is 0 Å². The van der Waals surface area contributed by atoms with Crippen molar-refractivity contribution in [1.82, 2.24) is 5.32 Å². The van der Waals surface area contributed by atoms with Crippen LogP contribution in [0.2, 0.25) is 0 Å². The van der Waals surface area contributed by atoms with Crippen molar-refractivity contribution in [3.8, 4) is 0 Å². The molecule has 0 amide bonds. The lowest BCUT2D eigenvalue weighted by molar-refractivity contribution is -0.384. The van der Waals surface area contributed by atoms with E-state index in [0.717, 1.165) is 31.6 Å². The van der Waals surface area contributed by atoms with Crippen LogP contribution >= 0.6 is 0 Å². The Bertz CT molecular complexity index is 523. The molecule has 0 spiro atoms. The number of non-ortho nitro benzene ring substituents is 1. The number of ketones is 1. The Labute approximate surface area is 117 Å². The van der Waals surface area contributed by atoms with Crippen molar-refractivity contribution in [1.29, 1.82) is 0 Å². The van der Waals surface area contributed by atoms with Crippen LogP contribution in [-0.4, -0.2) is 29.6 Å². The van der Waals surface area contributed by atoms with E-state index in [-0.39, 0.29) is 18.0 Å². The fourth-order valence-corrected chi connectivity index (χ4v) is 2.07. The molecule has 0 fully saturated rings. The molecular formula is C14H17N3O3. The van der Waals surface area contributed by atoms with Crippen LogP contribution in [0.4, 0.5) is 5.69 Å². The summed E-state index contributed by atoms with van der Waals surface area (Å²) in [6.45, 7) is 0.991. The van der Waals surface area contributed by atoms with Crippen molar-refractivity contribution in [3.05, 3.63) is 39.9 Å². The number of benzene rings is 1. The minimum atomic E-state index is -0.479. The van der Waals surface area contributed by atoms with E-state index >= 15 is 0 Å². The standard InChI is InChI=1S/C14H17N3O3/c18-13(10-16-14-4-2-1-3-9-15-14)11-5-7-12(8-6-11)17(19)20/h5-8H,1-4,9-10H2,(H,15,16). The van der Waals surface area contributed by atoms with E-state index < -0.39 is 4.92 Å². The highest BCUT2D eigenvalue weighted by atomic mass is 16.6. The van der Waals surface area contributed by atoms with Gasteiger partial charge in [-0.1, -0.05) is 6.42 Å². The Kier molecular flexibility index (Phi) is 4.81. The summed E-state index contributed by atoms with van der Waals surface area (Å²) in [7, 11) is 0. The summed E-state index contributed by atoms with van der Waals surface area (Å²) in [5.41, 5.74) is 0.458. The summed E-state index contributed by atoms with van der Waals surface area (Å²) in [4.78, 5) is 26.4. The first-order valence-corrected chi connectivity index (χ1v) is 6.71. The Hall–Kier alpha value is -2.24. The molecule has 1 aliphatic heterocycles. The van der Waals surface area contributed by atoms with E-state index in [1.54, 1.807) is 0 Å². The third-order valence-corrected chi connectivity index (χ3v) is 3.23. The van der Waals surface area contributed by atoms with Crippen molar-refractivity contribution >= 4 is 17.3 Å². The molecule has 20 heavy (non-hydrogen) atoms. The number of hydrogen-bond acceptors (Lipinski definition) is 5. The van der Waals surface area contributed by atoms with Crippen LogP contribution in [0.25, 0.3) is 0 Å². The number of nitro groups is 1. The fraction of sp³-hybridized carbons (Fsp3) is 0.429. The van der Waals surface area contributed by atoms with Gasteiger partial charge in [-0.3, -0.25) is 19.9 Å². The molecule has 1 aromatic rings. The minimum absolute atomic E-state index is 0.0114. The average Bonchev–Trinajstić information content (AvgIpc) is 2.73. The monoisotopic (exact) mass is 275 g/mol.